The molecular formula is C14H22F2N2O2S. The first-order valence-electron chi connectivity index (χ1n) is 7.08. The van der Waals surface area contributed by atoms with E-state index in [9.17, 15) is 17.2 Å². The summed E-state index contributed by atoms with van der Waals surface area (Å²) in [5, 5.41) is 0. The average Bonchev–Trinajstić information content (AvgIpc) is 2.34. The van der Waals surface area contributed by atoms with Gasteiger partial charge in [-0.1, -0.05) is 33.1 Å². The van der Waals surface area contributed by atoms with Crippen molar-refractivity contribution >= 4 is 15.7 Å². The van der Waals surface area contributed by atoms with Crippen LogP contribution in [0.15, 0.2) is 17.0 Å². The highest BCUT2D eigenvalue weighted by atomic mass is 32.2. The van der Waals surface area contributed by atoms with E-state index >= 15 is 0 Å². The minimum absolute atomic E-state index is 0.153. The van der Waals surface area contributed by atoms with E-state index in [2.05, 4.69) is 4.72 Å². The van der Waals surface area contributed by atoms with E-state index in [1.165, 1.54) is 0 Å². The van der Waals surface area contributed by atoms with Gasteiger partial charge in [0.05, 0.1) is 0 Å². The SMILES string of the molecule is CCCCC(CCC)NS(=O)(=O)c1c(F)cc(N)cc1F. The van der Waals surface area contributed by atoms with Crippen molar-refractivity contribution in [1.82, 2.24) is 4.72 Å². The van der Waals surface area contributed by atoms with E-state index in [1.54, 1.807) is 0 Å². The molecule has 0 aliphatic heterocycles. The van der Waals surface area contributed by atoms with Gasteiger partial charge >= 0.3 is 0 Å². The zero-order valence-corrected chi connectivity index (χ0v) is 13.1. The Morgan fingerprint density at radius 3 is 2.19 bits per heavy atom. The first-order chi connectivity index (χ1) is 9.81. The Labute approximate surface area is 124 Å². The van der Waals surface area contributed by atoms with Crippen LogP contribution in [-0.2, 0) is 10.0 Å². The molecule has 1 rings (SSSR count). The molecule has 0 aromatic heterocycles. The van der Waals surface area contributed by atoms with Crippen LogP contribution in [0.3, 0.4) is 0 Å². The van der Waals surface area contributed by atoms with Crippen molar-refractivity contribution in [3.63, 3.8) is 0 Å². The minimum atomic E-state index is -4.25. The number of nitrogen functional groups attached to an aromatic ring is 1. The number of rotatable bonds is 8. The van der Waals surface area contributed by atoms with Gasteiger partial charge < -0.3 is 5.73 Å². The van der Waals surface area contributed by atoms with Crippen molar-refractivity contribution in [3.05, 3.63) is 23.8 Å². The molecular weight excluding hydrogens is 298 g/mol. The summed E-state index contributed by atoms with van der Waals surface area (Å²) >= 11 is 0. The maximum atomic E-state index is 13.8. The molecule has 21 heavy (non-hydrogen) atoms. The second kappa shape index (κ2) is 7.70. The van der Waals surface area contributed by atoms with Gasteiger partial charge in [-0.05, 0) is 25.0 Å². The van der Waals surface area contributed by atoms with Crippen LogP contribution in [0.5, 0.6) is 0 Å². The van der Waals surface area contributed by atoms with Gasteiger partial charge in [-0.25, -0.2) is 21.9 Å². The van der Waals surface area contributed by atoms with Crippen molar-refractivity contribution in [2.75, 3.05) is 5.73 Å². The van der Waals surface area contributed by atoms with Gasteiger partial charge in [0.15, 0.2) is 4.90 Å². The molecule has 0 saturated heterocycles. The Bertz CT molecular complexity index is 553. The second-order valence-corrected chi connectivity index (χ2v) is 6.71. The number of halogens is 2. The fourth-order valence-corrected chi connectivity index (χ4v) is 3.60. The summed E-state index contributed by atoms with van der Waals surface area (Å²) in [5.41, 5.74) is 5.14. The van der Waals surface area contributed by atoms with Crippen molar-refractivity contribution in [2.24, 2.45) is 0 Å². The molecule has 4 nitrogen and oxygen atoms in total. The number of anilines is 1. The standard InChI is InChI=1S/C14H22F2N2O2S/c1-3-5-7-11(6-4-2)18-21(19,20)14-12(15)8-10(17)9-13(14)16/h8-9,11,18H,3-7,17H2,1-2H3. The summed E-state index contributed by atoms with van der Waals surface area (Å²) in [6.07, 6.45) is 3.81. The van der Waals surface area contributed by atoms with Gasteiger partial charge in [0.25, 0.3) is 0 Å². The monoisotopic (exact) mass is 320 g/mol. The molecule has 0 amide bonds. The van der Waals surface area contributed by atoms with Crippen molar-refractivity contribution in [3.8, 4) is 0 Å². The third-order valence-corrected chi connectivity index (χ3v) is 4.73. The molecule has 0 spiro atoms. The van der Waals surface area contributed by atoms with Crippen molar-refractivity contribution < 1.29 is 17.2 Å². The second-order valence-electron chi connectivity index (χ2n) is 5.06. The topological polar surface area (TPSA) is 72.2 Å². The molecule has 7 heteroatoms. The van der Waals surface area contributed by atoms with E-state index < -0.39 is 26.6 Å². The van der Waals surface area contributed by atoms with Gasteiger partial charge in [0, 0.05) is 11.7 Å². The summed E-state index contributed by atoms with van der Waals surface area (Å²) in [6, 6.07) is 1.29. The Morgan fingerprint density at radius 2 is 1.71 bits per heavy atom. The summed E-state index contributed by atoms with van der Waals surface area (Å²) in [5.74, 6) is -2.35. The lowest BCUT2D eigenvalue weighted by Crippen LogP contribution is -2.35. The van der Waals surface area contributed by atoms with Crippen LogP contribution in [0.25, 0.3) is 0 Å². The molecule has 1 atom stereocenters. The molecule has 0 heterocycles. The fraction of sp³-hybridized carbons (Fsp3) is 0.571. The number of nitrogens with two attached hydrogens (primary N) is 1. The van der Waals surface area contributed by atoms with Crippen LogP contribution in [-0.4, -0.2) is 14.5 Å². The summed E-state index contributed by atoms with van der Waals surface area (Å²) < 4.78 is 54.3. The zero-order valence-electron chi connectivity index (χ0n) is 12.3. The lowest BCUT2D eigenvalue weighted by molar-refractivity contribution is 0.472. The normalized spacial score (nSPS) is 13.3. The smallest absolute Gasteiger partial charge is 0.246 e. The van der Waals surface area contributed by atoms with E-state index in [-0.39, 0.29) is 11.7 Å². The summed E-state index contributed by atoms with van der Waals surface area (Å²) in [7, 11) is -4.25. The number of unbranched alkanes of at least 4 members (excludes halogenated alkanes) is 1. The molecule has 1 unspecified atom stereocenters. The number of nitrogens with one attached hydrogen (secondary N) is 1. The Kier molecular flexibility index (Phi) is 6.54. The van der Waals surface area contributed by atoms with E-state index in [0.717, 1.165) is 31.4 Å². The van der Waals surface area contributed by atoms with Gasteiger partial charge in [-0.3, -0.25) is 0 Å². The van der Waals surface area contributed by atoms with Gasteiger partial charge in [0.1, 0.15) is 11.6 Å². The van der Waals surface area contributed by atoms with Gasteiger partial charge in [-0.15, -0.1) is 0 Å². The number of benzene rings is 1. The molecule has 1 aromatic carbocycles. The van der Waals surface area contributed by atoms with Crippen LogP contribution < -0.4 is 10.5 Å². The quantitative estimate of drug-likeness (QED) is 0.723. The highest BCUT2D eigenvalue weighted by Gasteiger charge is 2.27. The first-order valence-corrected chi connectivity index (χ1v) is 8.57. The molecule has 0 aliphatic rings. The van der Waals surface area contributed by atoms with Crippen LogP contribution in [0.1, 0.15) is 46.0 Å². The third kappa shape index (κ3) is 4.93. The minimum Gasteiger partial charge on any atom is -0.399 e. The fourth-order valence-electron chi connectivity index (χ4n) is 2.18. The molecule has 120 valence electrons. The Hall–Kier alpha value is -1.21. The van der Waals surface area contributed by atoms with E-state index in [0.29, 0.717) is 12.8 Å². The summed E-state index contributed by atoms with van der Waals surface area (Å²) in [6.45, 7) is 3.93. The van der Waals surface area contributed by atoms with E-state index in [4.69, 9.17) is 5.73 Å². The molecule has 0 saturated carbocycles. The molecule has 0 aliphatic carbocycles. The molecule has 0 radical (unpaired) electrons. The number of sulfonamides is 1. The molecule has 3 N–H and O–H groups in total. The average molecular weight is 320 g/mol. The molecule has 1 aromatic rings. The third-order valence-electron chi connectivity index (χ3n) is 3.15. The lowest BCUT2D eigenvalue weighted by Gasteiger charge is -2.18. The van der Waals surface area contributed by atoms with Crippen LogP contribution in [0, 0.1) is 11.6 Å². The summed E-state index contributed by atoms with van der Waals surface area (Å²) in [4.78, 5) is -0.964. The van der Waals surface area contributed by atoms with Crippen LogP contribution >= 0.6 is 0 Å². The highest BCUT2D eigenvalue weighted by molar-refractivity contribution is 7.89. The maximum absolute atomic E-state index is 13.8. The Balaban J connectivity index is 3.04. The van der Waals surface area contributed by atoms with E-state index in [1.807, 2.05) is 13.8 Å². The zero-order chi connectivity index (χ0) is 16.0. The Morgan fingerprint density at radius 1 is 1.14 bits per heavy atom. The number of hydrogen-bond donors (Lipinski definition) is 2. The lowest BCUT2D eigenvalue weighted by atomic mass is 10.1. The highest BCUT2D eigenvalue weighted by Crippen LogP contribution is 2.22. The predicted molar refractivity (Wildman–Crippen MR) is 79.3 cm³/mol. The van der Waals surface area contributed by atoms with Crippen LogP contribution in [0.4, 0.5) is 14.5 Å². The largest absolute Gasteiger partial charge is 0.399 e. The van der Waals surface area contributed by atoms with Gasteiger partial charge in [-0.2, -0.15) is 0 Å². The van der Waals surface area contributed by atoms with Crippen molar-refractivity contribution in [2.45, 2.75) is 56.9 Å². The predicted octanol–water partition coefficient (Wildman–Crippen LogP) is 3.18. The number of hydrogen-bond acceptors (Lipinski definition) is 3. The first kappa shape index (κ1) is 17.8. The van der Waals surface area contributed by atoms with Crippen LogP contribution in [0.2, 0.25) is 0 Å². The molecule has 0 fully saturated rings. The van der Waals surface area contributed by atoms with Crippen molar-refractivity contribution in [1.29, 1.82) is 0 Å². The van der Waals surface area contributed by atoms with Gasteiger partial charge in [0.2, 0.25) is 10.0 Å². The molecule has 0 bridgehead atoms. The maximum Gasteiger partial charge on any atom is 0.246 e.